The summed E-state index contributed by atoms with van der Waals surface area (Å²) in [6, 6.07) is 0. The molecule has 4 aliphatic carbocycles. The van der Waals surface area contributed by atoms with Gasteiger partial charge < -0.3 is 10.2 Å². The fraction of sp³-hybridized carbons (Fsp3) is 0.870. The highest BCUT2D eigenvalue weighted by atomic mass is 16.3. The second kappa shape index (κ2) is 6.17. The van der Waals surface area contributed by atoms with Gasteiger partial charge in [0.2, 0.25) is 0 Å². The van der Waals surface area contributed by atoms with Gasteiger partial charge in [-0.3, -0.25) is 4.79 Å². The molecule has 0 amide bonds. The number of allylic oxidation sites excluding steroid dienone is 1. The van der Waals surface area contributed by atoms with E-state index >= 15 is 0 Å². The normalized spacial score (nSPS) is 54.8. The van der Waals surface area contributed by atoms with E-state index < -0.39 is 12.2 Å². The standard InChI is InChI=1S/C23H36O3/c1-5-13(2)15-6-7-16-14-10-19(24)18-11-20(25)21(26)12-23(18,4)17(14)8-9-22(15,16)3/h5,13-18,20-21,25-26H,1,6-12H2,2-4H3/t13-,14+,15-,16+,17+,18-,20+,21-,22-,23-/m1/s1. The van der Waals surface area contributed by atoms with Crippen molar-refractivity contribution in [1.29, 1.82) is 0 Å². The number of aliphatic hydroxyl groups is 2. The molecular formula is C23H36O3. The maximum absolute atomic E-state index is 13.1. The number of ketones is 1. The maximum atomic E-state index is 13.1. The molecule has 0 aromatic heterocycles. The van der Waals surface area contributed by atoms with E-state index in [1.165, 1.54) is 25.7 Å². The van der Waals surface area contributed by atoms with Crippen LogP contribution in [0.4, 0.5) is 0 Å². The van der Waals surface area contributed by atoms with Gasteiger partial charge in [-0.15, -0.1) is 6.58 Å². The van der Waals surface area contributed by atoms with E-state index in [1.54, 1.807) is 0 Å². The molecule has 0 spiro atoms. The zero-order chi connectivity index (χ0) is 18.9. The summed E-state index contributed by atoms with van der Waals surface area (Å²) >= 11 is 0. The Morgan fingerprint density at radius 2 is 1.81 bits per heavy atom. The Balaban J connectivity index is 1.66. The van der Waals surface area contributed by atoms with Gasteiger partial charge in [0.25, 0.3) is 0 Å². The third kappa shape index (κ3) is 2.42. The predicted octanol–water partition coefficient (Wildman–Crippen LogP) is 3.98. The average Bonchev–Trinajstić information content (AvgIpc) is 2.94. The van der Waals surface area contributed by atoms with Gasteiger partial charge in [0, 0.05) is 12.3 Å². The van der Waals surface area contributed by atoms with Crippen molar-refractivity contribution in [3.63, 3.8) is 0 Å². The molecule has 0 aromatic rings. The van der Waals surface area contributed by atoms with Crippen molar-refractivity contribution in [1.82, 2.24) is 0 Å². The van der Waals surface area contributed by atoms with Crippen LogP contribution >= 0.6 is 0 Å². The molecule has 0 aliphatic heterocycles. The van der Waals surface area contributed by atoms with Gasteiger partial charge in [-0.1, -0.05) is 26.8 Å². The zero-order valence-corrected chi connectivity index (χ0v) is 16.7. The predicted molar refractivity (Wildman–Crippen MR) is 102 cm³/mol. The molecule has 4 aliphatic rings. The SMILES string of the molecule is C=C[C@@H](C)[C@H]1CC[C@H]2[C@@H]3CC(=O)[C@H]4C[C@H](O)[C@H](O)C[C@]4(C)[C@H]3CC[C@]12C. The third-order valence-electron chi connectivity index (χ3n) is 9.56. The first-order chi connectivity index (χ1) is 12.2. The van der Waals surface area contributed by atoms with Crippen LogP contribution < -0.4 is 0 Å². The largest absolute Gasteiger partial charge is 0.390 e. The van der Waals surface area contributed by atoms with E-state index in [-0.39, 0.29) is 11.3 Å². The van der Waals surface area contributed by atoms with Gasteiger partial charge in [0.05, 0.1) is 12.2 Å². The quantitative estimate of drug-likeness (QED) is 0.733. The lowest BCUT2D eigenvalue weighted by atomic mass is 9.44. The minimum atomic E-state index is -0.730. The lowest BCUT2D eigenvalue weighted by Crippen LogP contribution is -2.59. The Bertz CT molecular complexity index is 600. The first kappa shape index (κ1) is 18.7. The number of rotatable bonds is 2. The van der Waals surface area contributed by atoms with E-state index in [0.717, 1.165) is 0 Å². The molecule has 10 atom stereocenters. The highest BCUT2D eigenvalue weighted by Crippen LogP contribution is 2.67. The number of hydrogen-bond acceptors (Lipinski definition) is 3. The number of Topliss-reactive ketones (excluding diaryl/α,β-unsaturated/α-hetero) is 1. The molecule has 2 N–H and O–H groups in total. The van der Waals surface area contributed by atoms with Crippen LogP contribution in [-0.4, -0.2) is 28.2 Å². The van der Waals surface area contributed by atoms with Crippen LogP contribution in [0.1, 0.15) is 65.7 Å². The number of carbonyl (C=O) groups excluding carboxylic acids is 1. The summed E-state index contributed by atoms with van der Waals surface area (Å²) in [6.45, 7) is 11.1. The number of fused-ring (bicyclic) bond motifs is 5. The molecule has 0 radical (unpaired) electrons. The van der Waals surface area contributed by atoms with E-state index in [4.69, 9.17) is 0 Å². The summed E-state index contributed by atoms with van der Waals surface area (Å²) < 4.78 is 0. The van der Waals surface area contributed by atoms with Gasteiger partial charge >= 0.3 is 0 Å². The Morgan fingerprint density at radius 3 is 2.50 bits per heavy atom. The summed E-state index contributed by atoms with van der Waals surface area (Å²) in [5.74, 6) is 3.12. The molecule has 0 heterocycles. The summed E-state index contributed by atoms with van der Waals surface area (Å²) in [7, 11) is 0. The molecule has 0 bridgehead atoms. The fourth-order valence-corrected chi connectivity index (χ4v) is 8.14. The number of hydrogen-bond donors (Lipinski definition) is 2. The van der Waals surface area contributed by atoms with E-state index in [0.29, 0.717) is 60.1 Å². The summed E-state index contributed by atoms with van der Waals surface area (Å²) in [4.78, 5) is 13.1. The smallest absolute Gasteiger partial charge is 0.136 e. The second-order valence-electron chi connectivity index (χ2n) is 10.5. The fourth-order valence-electron chi connectivity index (χ4n) is 8.14. The van der Waals surface area contributed by atoms with Gasteiger partial charge in [0.1, 0.15) is 5.78 Å². The Labute approximate surface area is 158 Å². The molecule has 26 heavy (non-hydrogen) atoms. The highest BCUT2D eigenvalue weighted by Gasteiger charge is 2.63. The molecule has 3 nitrogen and oxygen atoms in total. The zero-order valence-electron chi connectivity index (χ0n) is 16.7. The monoisotopic (exact) mass is 360 g/mol. The summed E-state index contributed by atoms with van der Waals surface area (Å²) in [5, 5.41) is 20.5. The van der Waals surface area contributed by atoms with Crippen LogP contribution in [0.2, 0.25) is 0 Å². The molecular weight excluding hydrogens is 324 g/mol. The van der Waals surface area contributed by atoms with Gasteiger partial charge in [-0.2, -0.15) is 0 Å². The Hall–Kier alpha value is -0.670. The van der Waals surface area contributed by atoms with Crippen molar-refractivity contribution in [2.45, 2.75) is 77.9 Å². The Morgan fingerprint density at radius 1 is 1.12 bits per heavy atom. The van der Waals surface area contributed by atoms with Crippen LogP contribution in [0.25, 0.3) is 0 Å². The van der Waals surface area contributed by atoms with Crippen LogP contribution in [0.15, 0.2) is 12.7 Å². The van der Waals surface area contributed by atoms with Crippen LogP contribution in [0.3, 0.4) is 0 Å². The Kier molecular flexibility index (Phi) is 4.43. The van der Waals surface area contributed by atoms with Crippen molar-refractivity contribution >= 4 is 5.78 Å². The van der Waals surface area contributed by atoms with Gasteiger partial charge in [-0.05, 0) is 78.9 Å². The summed E-state index contributed by atoms with van der Waals surface area (Å²) in [6.07, 6.45) is 7.35. The molecule has 0 aromatic carbocycles. The van der Waals surface area contributed by atoms with Crippen LogP contribution in [-0.2, 0) is 4.79 Å². The van der Waals surface area contributed by atoms with Crippen molar-refractivity contribution in [2.75, 3.05) is 0 Å². The molecule has 4 fully saturated rings. The van der Waals surface area contributed by atoms with Gasteiger partial charge in [0.15, 0.2) is 0 Å². The lowest BCUT2D eigenvalue weighted by Gasteiger charge is -2.60. The van der Waals surface area contributed by atoms with Crippen molar-refractivity contribution in [2.24, 2.45) is 46.3 Å². The highest BCUT2D eigenvalue weighted by molar-refractivity contribution is 5.83. The molecule has 3 heteroatoms. The van der Waals surface area contributed by atoms with Gasteiger partial charge in [-0.25, -0.2) is 0 Å². The minimum Gasteiger partial charge on any atom is -0.390 e. The second-order valence-corrected chi connectivity index (χ2v) is 10.5. The average molecular weight is 361 g/mol. The molecule has 0 unspecified atom stereocenters. The first-order valence-corrected chi connectivity index (χ1v) is 10.7. The topological polar surface area (TPSA) is 57.5 Å². The van der Waals surface area contributed by atoms with Crippen molar-refractivity contribution in [3.05, 3.63) is 12.7 Å². The molecule has 0 saturated heterocycles. The maximum Gasteiger partial charge on any atom is 0.136 e. The third-order valence-corrected chi connectivity index (χ3v) is 9.56. The van der Waals surface area contributed by atoms with E-state index in [1.807, 2.05) is 0 Å². The molecule has 4 rings (SSSR count). The van der Waals surface area contributed by atoms with Crippen molar-refractivity contribution in [3.8, 4) is 0 Å². The minimum absolute atomic E-state index is 0.0594. The number of carbonyl (C=O) groups is 1. The lowest BCUT2D eigenvalue weighted by molar-refractivity contribution is -0.173. The van der Waals surface area contributed by atoms with E-state index in [9.17, 15) is 15.0 Å². The first-order valence-electron chi connectivity index (χ1n) is 10.7. The molecule has 4 saturated carbocycles. The number of aliphatic hydroxyl groups excluding tert-OH is 2. The molecule has 146 valence electrons. The van der Waals surface area contributed by atoms with Crippen molar-refractivity contribution < 1.29 is 15.0 Å². The van der Waals surface area contributed by atoms with Crippen LogP contribution in [0.5, 0.6) is 0 Å². The van der Waals surface area contributed by atoms with Crippen LogP contribution in [0, 0.1) is 46.3 Å². The summed E-state index contributed by atoms with van der Waals surface area (Å²) in [5.41, 5.74) is 0.188. The van der Waals surface area contributed by atoms with E-state index in [2.05, 4.69) is 33.4 Å².